The molecule has 27 heavy (non-hydrogen) atoms. The molecule has 7 nitrogen and oxygen atoms in total. The summed E-state index contributed by atoms with van der Waals surface area (Å²) in [4.78, 5) is 27.5. The lowest BCUT2D eigenvalue weighted by Gasteiger charge is -2.27. The average molecular weight is 381 g/mol. The monoisotopic (exact) mass is 381 g/mol. The third-order valence-corrected chi connectivity index (χ3v) is 5.16. The van der Waals surface area contributed by atoms with Crippen molar-refractivity contribution < 1.29 is 9.53 Å². The number of rotatable bonds is 5. The van der Waals surface area contributed by atoms with Crippen LogP contribution in [0, 0.1) is 0 Å². The third kappa shape index (κ3) is 4.29. The first kappa shape index (κ1) is 17.6. The van der Waals surface area contributed by atoms with Crippen molar-refractivity contribution in [2.45, 2.75) is 6.54 Å². The van der Waals surface area contributed by atoms with Crippen molar-refractivity contribution in [3.05, 3.63) is 59.5 Å². The number of nitrogens with zero attached hydrogens (tertiary/aromatic N) is 4. The van der Waals surface area contributed by atoms with Crippen LogP contribution in [0.4, 0.5) is 5.82 Å². The second kappa shape index (κ2) is 8.24. The molecule has 1 aromatic carbocycles. The molecule has 0 bridgehead atoms. The molecule has 8 heteroatoms. The molecule has 1 amide bonds. The smallest absolute Gasteiger partial charge is 0.270 e. The highest BCUT2D eigenvalue weighted by Crippen LogP contribution is 2.23. The molecular weight excluding hydrogens is 362 g/mol. The summed E-state index contributed by atoms with van der Waals surface area (Å²) < 4.78 is 5.35. The molecule has 0 atom stereocenters. The van der Waals surface area contributed by atoms with E-state index in [4.69, 9.17) is 4.74 Å². The molecule has 0 spiro atoms. The van der Waals surface area contributed by atoms with Crippen LogP contribution in [-0.2, 0) is 11.3 Å². The van der Waals surface area contributed by atoms with Crippen molar-refractivity contribution in [1.82, 2.24) is 20.3 Å². The maximum absolute atomic E-state index is 12.5. The largest absolute Gasteiger partial charge is 0.378 e. The maximum Gasteiger partial charge on any atom is 0.270 e. The van der Waals surface area contributed by atoms with Gasteiger partial charge in [0.1, 0.15) is 22.8 Å². The number of carbonyl (C=O) groups excluding carboxylic acids is 1. The normalized spacial score (nSPS) is 14.1. The van der Waals surface area contributed by atoms with E-state index in [1.165, 1.54) is 6.33 Å². The minimum absolute atomic E-state index is 0.235. The summed E-state index contributed by atoms with van der Waals surface area (Å²) in [5.74, 6) is 0.514. The summed E-state index contributed by atoms with van der Waals surface area (Å²) in [6.07, 6.45) is 1.43. The highest BCUT2D eigenvalue weighted by molar-refractivity contribution is 7.13. The Labute approximate surface area is 161 Å². The van der Waals surface area contributed by atoms with Gasteiger partial charge in [-0.3, -0.25) is 4.79 Å². The van der Waals surface area contributed by atoms with Crippen LogP contribution in [-0.4, -0.2) is 47.2 Å². The number of anilines is 1. The number of hydrogen-bond donors (Lipinski definition) is 1. The Morgan fingerprint density at radius 1 is 1.19 bits per heavy atom. The maximum atomic E-state index is 12.5. The van der Waals surface area contributed by atoms with Gasteiger partial charge in [-0.15, -0.1) is 11.3 Å². The quantitative estimate of drug-likeness (QED) is 0.731. The van der Waals surface area contributed by atoms with Gasteiger partial charge in [-0.05, 0) is 0 Å². The van der Waals surface area contributed by atoms with Gasteiger partial charge in [-0.1, -0.05) is 30.3 Å². The van der Waals surface area contributed by atoms with Crippen LogP contribution >= 0.6 is 11.3 Å². The minimum Gasteiger partial charge on any atom is -0.378 e. The number of nitrogens with one attached hydrogen (secondary N) is 1. The molecule has 4 rings (SSSR count). The van der Waals surface area contributed by atoms with E-state index in [1.54, 1.807) is 17.4 Å². The van der Waals surface area contributed by atoms with Crippen molar-refractivity contribution in [1.29, 1.82) is 0 Å². The third-order valence-electron chi connectivity index (χ3n) is 4.22. The molecule has 1 N–H and O–H groups in total. The highest BCUT2D eigenvalue weighted by Gasteiger charge is 2.15. The molecule has 0 aliphatic carbocycles. The fraction of sp³-hybridized carbons (Fsp3) is 0.263. The van der Waals surface area contributed by atoms with Crippen LogP contribution in [0.2, 0.25) is 0 Å². The van der Waals surface area contributed by atoms with Gasteiger partial charge in [-0.2, -0.15) is 0 Å². The van der Waals surface area contributed by atoms with Gasteiger partial charge in [0, 0.05) is 30.1 Å². The standard InChI is InChI=1S/C19H19N5O2S/c25-18(16-10-17(22-13-21-16)24-6-8-26-9-7-24)20-11-15-12-27-19(23-15)14-4-2-1-3-5-14/h1-5,10,12-13H,6-9,11H2,(H,20,25). The van der Waals surface area contributed by atoms with Crippen molar-refractivity contribution >= 4 is 23.1 Å². The van der Waals surface area contributed by atoms with Crippen molar-refractivity contribution in [3.8, 4) is 10.6 Å². The second-order valence-corrected chi connectivity index (χ2v) is 6.91. The number of thiazole rings is 1. The number of hydrogen-bond acceptors (Lipinski definition) is 7. The van der Waals surface area contributed by atoms with Crippen LogP contribution in [0.5, 0.6) is 0 Å². The zero-order valence-electron chi connectivity index (χ0n) is 14.7. The summed E-state index contributed by atoms with van der Waals surface area (Å²) in [5.41, 5.74) is 2.26. The van der Waals surface area contributed by atoms with Crippen LogP contribution in [0.25, 0.3) is 10.6 Å². The Morgan fingerprint density at radius 2 is 2.00 bits per heavy atom. The summed E-state index contributed by atoms with van der Waals surface area (Å²) in [5, 5.41) is 5.78. The van der Waals surface area contributed by atoms with E-state index in [0.717, 1.165) is 35.2 Å². The van der Waals surface area contributed by atoms with E-state index in [0.29, 0.717) is 25.5 Å². The summed E-state index contributed by atoms with van der Waals surface area (Å²) in [6.45, 7) is 3.22. The van der Waals surface area contributed by atoms with E-state index < -0.39 is 0 Å². The van der Waals surface area contributed by atoms with Crippen LogP contribution in [0.1, 0.15) is 16.2 Å². The number of amides is 1. The van der Waals surface area contributed by atoms with Gasteiger partial charge in [-0.25, -0.2) is 15.0 Å². The van der Waals surface area contributed by atoms with Gasteiger partial charge < -0.3 is 15.0 Å². The zero-order valence-corrected chi connectivity index (χ0v) is 15.5. The van der Waals surface area contributed by atoms with E-state index >= 15 is 0 Å². The lowest BCUT2D eigenvalue weighted by molar-refractivity contribution is 0.0945. The molecule has 0 unspecified atom stereocenters. The van der Waals surface area contributed by atoms with Crippen LogP contribution in [0.3, 0.4) is 0 Å². The van der Waals surface area contributed by atoms with Gasteiger partial charge in [0.05, 0.1) is 25.5 Å². The molecule has 1 aliphatic heterocycles. The molecule has 1 fully saturated rings. The summed E-state index contributed by atoms with van der Waals surface area (Å²) >= 11 is 1.56. The molecule has 2 aromatic heterocycles. The average Bonchev–Trinajstić information content (AvgIpc) is 3.22. The van der Waals surface area contributed by atoms with Crippen molar-refractivity contribution in [3.63, 3.8) is 0 Å². The summed E-state index contributed by atoms with van der Waals surface area (Å²) in [7, 11) is 0. The Hall–Kier alpha value is -2.84. The number of morpholine rings is 1. The van der Waals surface area contributed by atoms with E-state index in [1.807, 2.05) is 35.7 Å². The van der Waals surface area contributed by atoms with Gasteiger partial charge in [0.15, 0.2) is 0 Å². The first-order valence-electron chi connectivity index (χ1n) is 8.72. The lowest BCUT2D eigenvalue weighted by atomic mass is 10.2. The predicted octanol–water partition coefficient (Wildman–Crippen LogP) is 2.37. The zero-order chi connectivity index (χ0) is 18.5. The lowest BCUT2D eigenvalue weighted by Crippen LogP contribution is -2.37. The molecule has 0 radical (unpaired) electrons. The van der Waals surface area contributed by atoms with Gasteiger partial charge >= 0.3 is 0 Å². The van der Waals surface area contributed by atoms with Crippen LogP contribution in [0.15, 0.2) is 48.1 Å². The molecular formula is C19H19N5O2S. The van der Waals surface area contributed by atoms with E-state index in [2.05, 4.69) is 25.2 Å². The molecule has 1 saturated heterocycles. The topological polar surface area (TPSA) is 80.2 Å². The molecule has 1 aliphatic rings. The second-order valence-electron chi connectivity index (χ2n) is 6.05. The predicted molar refractivity (Wildman–Crippen MR) is 104 cm³/mol. The van der Waals surface area contributed by atoms with Crippen molar-refractivity contribution in [2.24, 2.45) is 0 Å². The fourth-order valence-electron chi connectivity index (χ4n) is 2.80. The molecule has 3 aromatic rings. The molecule has 0 saturated carbocycles. The Bertz CT molecular complexity index is 909. The SMILES string of the molecule is O=C(NCc1csc(-c2ccccc2)n1)c1cc(N2CCOCC2)ncn1. The first-order valence-corrected chi connectivity index (χ1v) is 9.60. The van der Waals surface area contributed by atoms with E-state index in [-0.39, 0.29) is 5.91 Å². The number of ether oxygens (including phenoxy) is 1. The van der Waals surface area contributed by atoms with E-state index in [9.17, 15) is 4.79 Å². The number of carbonyl (C=O) groups is 1. The fourth-order valence-corrected chi connectivity index (χ4v) is 3.63. The summed E-state index contributed by atoms with van der Waals surface area (Å²) in [6, 6.07) is 11.7. The van der Waals surface area contributed by atoms with Gasteiger partial charge in [0.2, 0.25) is 0 Å². The first-order chi connectivity index (χ1) is 13.3. The molecule has 3 heterocycles. The van der Waals surface area contributed by atoms with Crippen LogP contribution < -0.4 is 10.2 Å². The van der Waals surface area contributed by atoms with Crippen molar-refractivity contribution in [2.75, 3.05) is 31.2 Å². The number of benzene rings is 1. The Balaban J connectivity index is 1.39. The Kier molecular flexibility index (Phi) is 5.36. The number of aromatic nitrogens is 3. The van der Waals surface area contributed by atoms with Gasteiger partial charge in [0.25, 0.3) is 5.91 Å². The Morgan fingerprint density at radius 3 is 2.81 bits per heavy atom. The molecule has 138 valence electrons. The highest BCUT2D eigenvalue weighted by atomic mass is 32.1. The minimum atomic E-state index is -0.235.